The summed E-state index contributed by atoms with van der Waals surface area (Å²) in [6, 6.07) is 7.55. The lowest BCUT2D eigenvalue weighted by atomic mass is 9.54. The Labute approximate surface area is 158 Å². The standard InChI is InChI=1S/C21H25NO5/c1-12-15(10-23)14-9-21(25)20(7-8-27-21)17-5-3-4-6-18(17)22(13(2)24)19(20)16(14)11-26-12/h3-6,10,12,14-16,19,25H,7-9,11H2,1-2H3/t12-,14+,15-,16-,19+,20+,21+/m1/s1. The van der Waals surface area contributed by atoms with Crippen LogP contribution in [0, 0.1) is 17.8 Å². The van der Waals surface area contributed by atoms with E-state index in [4.69, 9.17) is 9.47 Å². The van der Waals surface area contributed by atoms with Gasteiger partial charge in [-0.15, -0.1) is 0 Å². The Hall–Kier alpha value is -1.76. The third kappa shape index (κ3) is 1.96. The van der Waals surface area contributed by atoms with Crippen LogP contribution in [0.15, 0.2) is 24.3 Å². The van der Waals surface area contributed by atoms with E-state index in [0.29, 0.717) is 26.1 Å². The molecular formula is C21H25NO5. The van der Waals surface area contributed by atoms with Crippen molar-refractivity contribution in [1.82, 2.24) is 0 Å². The molecular weight excluding hydrogens is 346 g/mol. The second kappa shape index (κ2) is 5.63. The first-order chi connectivity index (χ1) is 12.9. The molecule has 3 heterocycles. The largest absolute Gasteiger partial charge is 0.377 e. The van der Waals surface area contributed by atoms with E-state index in [1.54, 1.807) is 6.92 Å². The molecule has 1 aromatic carbocycles. The molecule has 1 aliphatic carbocycles. The number of hydrogen-bond acceptors (Lipinski definition) is 5. The number of hydrogen-bond donors (Lipinski definition) is 1. The molecule has 5 rings (SSSR count). The van der Waals surface area contributed by atoms with E-state index in [9.17, 15) is 14.7 Å². The minimum absolute atomic E-state index is 0.0188. The first-order valence-corrected chi connectivity index (χ1v) is 9.77. The number of amides is 1. The summed E-state index contributed by atoms with van der Waals surface area (Å²) in [4.78, 5) is 26.4. The molecule has 6 heteroatoms. The third-order valence-corrected chi connectivity index (χ3v) is 7.51. The lowest BCUT2D eigenvalue weighted by molar-refractivity contribution is -0.257. The molecule has 1 amide bonds. The van der Waals surface area contributed by atoms with Gasteiger partial charge in [-0.3, -0.25) is 4.79 Å². The van der Waals surface area contributed by atoms with Crippen molar-refractivity contribution >= 4 is 17.9 Å². The Morgan fingerprint density at radius 1 is 1.33 bits per heavy atom. The van der Waals surface area contributed by atoms with Crippen LogP contribution in [0.25, 0.3) is 0 Å². The summed E-state index contributed by atoms with van der Waals surface area (Å²) in [7, 11) is 0. The topological polar surface area (TPSA) is 76.1 Å². The number of carbonyl (C=O) groups is 2. The van der Waals surface area contributed by atoms with E-state index < -0.39 is 11.2 Å². The maximum absolute atomic E-state index is 12.7. The lowest BCUT2D eigenvalue weighted by Crippen LogP contribution is -2.69. The average Bonchev–Trinajstić information content (AvgIpc) is 3.14. The predicted octanol–water partition coefficient (Wildman–Crippen LogP) is 1.64. The first-order valence-electron chi connectivity index (χ1n) is 9.77. The highest BCUT2D eigenvalue weighted by Crippen LogP contribution is 2.65. The smallest absolute Gasteiger partial charge is 0.224 e. The van der Waals surface area contributed by atoms with Gasteiger partial charge in [0, 0.05) is 30.9 Å². The second-order valence-corrected chi connectivity index (χ2v) is 8.49. The van der Waals surface area contributed by atoms with E-state index in [1.165, 1.54) is 0 Å². The van der Waals surface area contributed by atoms with Crippen LogP contribution in [0.2, 0.25) is 0 Å². The van der Waals surface area contributed by atoms with Crippen LogP contribution in [-0.2, 0) is 24.5 Å². The van der Waals surface area contributed by atoms with Crippen molar-refractivity contribution < 1.29 is 24.2 Å². The monoisotopic (exact) mass is 371 g/mol. The maximum atomic E-state index is 12.7. The molecule has 1 N–H and O–H groups in total. The number of aldehydes is 1. The SMILES string of the molecule is CC(=O)N1c2ccccc2[C@]23CCO[C@@]2(O)C[C@H]2[C@H](C=O)[C@@H](C)OC[C@H]2[C@H]13. The van der Waals surface area contributed by atoms with Gasteiger partial charge >= 0.3 is 0 Å². The Balaban J connectivity index is 1.74. The van der Waals surface area contributed by atoms with Gasteiger partial charge in [-0.05, 0) is 30.9 Å². The molecule has 144 valence electrons. The third-order valence-electron chi connectivity index (χ3n) is 7.51. The first kappa shape index (κ1) is 17.3. The summed E-state index contributed by atoms with van der Waals surface area (Å²) in [6.07, 6.45) is 1.80. The van der Waals surface area contributed by atoms with Gasteiger partial charge in [0.15, 0.2) is 5.79 Å². The van der Waals surface area contributed by atoms with Gasteiger partial charge in [-0.2, -0.15) is 0 Å². The zero-order valence-electron chi connectivity index (χ0n) is 15.6. The van der Waals surface area contributed by atoms with Crippen molar-refractivity contribution in [3.63, 3.8) is 0 Å². The number of ether oxygens (including phenoxy) is 2. The highest BCUT2D eigenvalue weighted by molar-refractivity contribution is 5.96. The average molecular weight is 371 g/mol. The van der Waals surface area contributed by atoms with E-state index in [2.05, 4.69) is 0 Å². The molecule has 1 saturated carbocycles. The quantitative estimate of drug-likeness (QED) is 0.760. The molecule has 1 spiro atoms. The molecule has 27 heavy (non-hydrogen) atoms. The molecule has 4 aliphatic rings. The number of fused-ring (bicyclic) bond motifs is 3. The van der Waals surface area contributed by atoms with Gasteiger partial charge in [-0.1, -0.05) is 18.2 Å². The summed E-state index contributed by atoms with van der Waals surface area (Å²) >= 11 is 0. The molecule has 3 aliphatic heterocycles. The van der Waals surface area contributed by atoms with Crippen LogP contribution < -0.4 is 4.90 Å². The Bertz CT molecular complexity index is 812. The molecule has 0 bridgehead atoms. The van der Waals surface area contributed by atoms with E-state index >= 15 is 0 Å². The molecule has 0 radical (unpaired) electrons. The van der Waals surface area contributed by atoms with Gasteiger partial charge in [0.25, 0.3) is 0 Å². The van der Waals surface area contributed by atoms with Crippen LogP contribution in [-0.4, -0.2) is 48.4 Å². The summed E-state index contributed by atoms with van der Waals surface area (Å²) in [6.45, 7) is 4.39. The highest BCUT2D eigenvalue weighted by Gasteiger charge is 2.73. The van der Waals surface area contributed by atoms with Crippen LogP contribution in [0.5, 0.6) is 0 Å². The second-order valence-electron chi connectivity index (χ2n) is 8.49. The van der Waals surface area contributed by atoms with Crippen molar-refractivity contribution in [3.05, 3.63) is 29.8 Å². The summed E-state index contributed by atoms with van der Waals surface area (Å²) in [5.74, 6) is -1.84. The summed E-state index contributed by atoms with van der Waals surface area (Å²) < 4.78 is 11.9. The molecule has 3 fully saturated rings. The zero-order valence-corrected chi connectivity index (χ0v) is 15.6. The Morgan fingerprint density at radius 2 is 2.11 bits per heavy atom. The summed E-state index contributed by atoms with van der Waals surface area (Å²) in [5, 5.41) is 11.7. The fourth-order valence-electron chi connectivity index (χ4n) is 6.46. The van der Waals surface area contributed by atoms with Gasteiger partial charge in [0.1, 0.15) is 6.29 Å². The van der Waals surface area contributed by atoms with Crippen molar-refractivity contribution in [1.29, 1.82) is 0 Å². The fraction of sp³-hybridized carbons (Fsp3) is 0.619. The van der Waals surface area contributed by atoms with E-state index in [-0.39, 0.29) is 35.8 Å². The van der Waals surface area contributed by atoms with Gasteiger partial charge < -0.3 is 24.3 Å². The zero-order chi connectivity index (χ0) is 19.0. The highest BCUT2D eigenvalue weighted by atomic mass is 16.6. The number of anilines is 1. The molecule has 0 unspecified atom stereocenters. The van der Waals surface area contributed by atoms with Crippen LogP contribution in [0.3, 0.4) is 0 Å². The van der Waals surface area contributed by atoms with Crippen LogP contribution in [0.1, 0.15) is 32.3 Å². The molecule has 6 nitrogen and oxygen atoms in total. The number of nitrogens with zero attached hydrogens (tertiary/aromatic N) is 1. The van der Waals surface area contributed by atoms with Gasteiger partial charge in [0.05, 0.1) is 30.8 Å². The minimum atomic E-state index is -1.38. The van der Waals surface area contributed by atoms with Crippen molar-refractivity contribution in [2.75, 3.05) is 18.1 Å². The fourth-order valence-corrected chi connectivity index (χ4v) is 6.46. The normalized spacial score (nSPS) is 44.9. The number of carbonyl (C=O) groups excluding carboxylic acids is 2. The maximum Gasteiger partial charge on any atom is 0.224 e. The van der Waals surface area contributed by atoms with Crippen molar-refractivity contribution in [2.45, 2.75) is 50.0 Å². The molecule has 0 aromatic heterocycles. The van der Waals surface area contributed by atoms with Crippen LogP contribution in [0.4, 0.5) is 5.69 Å². The number of para-hydroxylation sites is 1. The van der Waals surface area contributed by atoms with E-state index in [1.807, 2.05) is 36.1 Å². The molecule has 7 atom stereocenters. The Morgan fingerprint density at radius 3 is 2.85 bits per heavy atom. The van der Waals surface area contributed by atoms with Crippen molar-refractivity contribution in [3.8, 4) is 0 Å². The van der Waals surface area contributed by atoms with Crippen LogP contribution >= 0.6 is 0 Å². The molecule has 1 aromatic rings. The predicted molar refractivity (Wildman–Crippen MR) is 97.2 cm³/mol. The van der Waals surface area contributed by atoms with E-state index in [0.717, 1.165) is 17.5 Å². The summed E-state index contributed by atoms with van der Waals surface area (Å²) in [5.41, 5.74) is 1.15. The van der Waals surface area contributed by atoms with Gasteiger partial charge in [0.2, 0.25) is 5.91 Å². The lowest BCUT2D eigenvalue weighted by Gasteiger charge is -2.57. The number of rotatable bonds is 1. The molecule has 2 saturated heterocycles. The minimum Gasteiger partial charge on any atom is -0.377 e. The number of benzene rings is 1. The van der Waals surface area contributed by atoms with Gasteiger partial charge in [-0.25, -0.2) is 0 Å². The van der Waals surface area contributed by atoms with Crippen molar-refractivity contribution in [2.24, 2.45) is 17.8 Å². The Kier molecular flexibility index (Phi) is 3.61. The number of aliphatic hydroxyl groups is 1.